The minimum absolute atomic E-state index is 0.0747. The van der Waals surface area contributed by atoms with E-state index in [1.54, 1.807) is 18.5 Å². The van der Waals surface area contributed by atoms with Gasteiger partial charge in [0.15, 0.2) is 0 Å². The maximum atomic E-state index is 10.8. The molecular formula is C14H14N2O3. The molecule has 0 unspecified atom stereocenters. The Balaban J connectivity index is 1.80. The van der Waals surface area contributed by atoms with E-state index in [4.69, 9.17) is 9.84 Å². The topological polar surface area (TPSA) is 72.3 Å². The Hall–Kier alpha value is -2.43. The molecule has 19 heavy (non-hydrogen) atoms. The summed E-state index contributed by atoms with van der Waals surface area (Å²) in [6.07, 6.45) is 4.80. The van der Waals surface area contributed by atoms with Crippen molar-refractivity contribution in [2.45, 2.75) is 12.8 Å². The second-order valence-corrected chi connectivity index (χ2v) is 3.96. The van der Waals surface area contributed by atoms with Crippen molar-refractivity contribution in [3.8, 4) is 5.75 Å². The van der Waals surface area contributed by atoms with E-state index in [2.05, 4.69) is 9.97 Å². The summed E-state index contributed by atoms with van der Waals surface area (Å²) in [5.41, 5.74) is 0.834. The maximum Gasteiger partial charge on any atom is 0.354 e. The van der Waals surface area contributed by atoms with Crippen LogP contribution in [0.15, 0.2) is 42.7 Å². The van der Waals surface area contributed by atoms with Crippen LogP contribution in [0.1, 0.15) is 22.6 Å². The number of hydrogen-bond donors (Lipinski definition) is 1. The fourth-order valence-corrected chi connectivity index (χ4v) is 1.61. The zero-order valence-corrected chi connectivity index (χ0v) is 10.3. The minimum Gasteiger partial charge on any atom is -0.492 e. The Morgan fingerprint density at radius 3 is 2.89 bits per heavy atom. The van der Waals surface area contributed by atoms with Gasteiger partial charge in [-0.15, -0.1) is 0 Å². The minimum atomic E-state index is -1.01. The smallest absolute Gasteiger partial charge is 0.354 e. The molecule has 0 aromatic carbocycles. The number of hydrogen-bond acceptors (Lipinski definition) is 4. The van der Waals surface area contributed by atoms with Crippen molar-refractivity contribution in [3.63, 3.8) is 0 Å². The summed E-state index contributed by atoms with van der Waals surface area (Å²) < 4.78 is 5.50. The van der Waals surface area contributed by atoms with Gasteiger partial charge in [-0.3, -0.25) is 4.98 Å². The van der Waals surface area contributed by atoms with Gasteiger partial charge in [0, 0.05) is 11.9 Å². The fraction of sp³-hybridized carbons (Fsp3) is 0.214. The molecule has 2 aromatic rings. The zero-order valence-electron chi connectivity index (χ0n) is 10.3. The van der Waals surface area contributed by atoms with Crippen LogP contribution >= 0.6 is 0 Å². The van der Waals surface area contributed by atoms with Crippen molar-refractivity contribution in [1.29, 1.82) is 0 Å². The molecule has 0 fully saturated rings. The highest BCUT2D eigenvalue weighted by molar-refractivity contribution is 5.85. The first kappa shape index (κ1) is 13.0. The Bertz CT molecular complexity index is 543. The third kappa shape index (κ3) is 4.06. The molecule has 0 saturated carbocycles. The first-order valence-corrected chi connectivity index (χ1v) is 5.98. The average Bonchev–Trinajstić information content (AvgIpc) is 2.45. The molecule has 0 radical (unpaired) electrons. The molecule has 0 spiro atoms. The summed E-state index contributed by atoms with van der Waals surface area (Å²) in [5.74, 6) is -0.275. The lowest BCUT2D eigenvalue weighted by molar-refractivity contribution is 0.0690. The number of aromatic nitrogens is 2. The lowest BCUT2D eigenvalue weighted by atomic mass is 10.2. The lowest BCUT2D eigenvalue weighted by Gasteiger charge is -2.05. The highest BCUT2D eigenvalue weighted by Crippen LogP contribution is 2.08. The van der Waals surface area contributed by atoms with Gasteiger partial charge in [0.1, 0.15) is 11.4 Å². The Morgan fingerprint density at radius 2 is 2.16 bits per heavy atom. The molecular weight excluding hydrogens is 244 g/mol. The Kier molecular flexibility index (Phi) is 4.44. The fourth-order valence-electron chi connectivity index (χ4n) is 1.61. The predicted molar refractivity (Wildman–Crippen MR) is 69.2 cm³/mol. The van der Waals surface area contributed by atoms with Crippen LogP contribution in [0.25, 0.3) is 0 Å². The molecule has 0 aliphatic heterocycles. The van der Waals surface area contributed by atoms with E-state index in [1.807, 2.05) is 18.2 Å². The van der Waals surface area contributed by atoms with Crippen LogP contribution in [0.2, 0.25) is 0 Å². The molecule has 0 bridgehead atoms. The molecule has 0 aliphatic rings. The summed E-state index contributed by atoms with van der Waals surface area (Å²) in [6, 6.07) is 8.66. The third-order valence-corrected chi connectivity index (χ3v) is 2.51. The second-order valence-electron chi connectivity index (χ2n) is 3.96. The van der Waals surface area contributed by atoms with Gasteiger partial charge >= 0.3 is 5.97 Å². The number of aryl methyl sites for hydroxylation is 1. The number of carbonyl (C=O) groups is 1. The van der Waals surface area contributed by atoms with Crippen molar-refractivity contribution in [2.24, 2.45) is 0 Å². The van der Waals surface area contributed by atoms with Gasteiger partial charge in [-0.1, -0.05) is 6.07 Å². The van der Waals surface area contributed by atoms with Crippen LogP contribution in [0.3, 0.4) is 0 Å². The van der Waals surface area contributed by atoms with Crippen LogP contribution < -0.4 is 4.74 Å². The number of nitrogens with zero attached hydrogens (tertiary/aromatic N) is 2. The summed E-state index contributed by atoms with van der Waals surface area (Å²) >= 11 is 0. The van der Waals surface area contributed by atoms with E-state index in [-0.39, 0.29) is 5.69 Å². The summed E-state index contributed by atoms with van der Waals surface area (Å²) in [5, 5.41) is 8.84. The van der Waals surface area contributed by atoms with Gasteiger partial charge in [0.2, 0.25) is 0 Å². The zero-order chi connectivity index (χ0) is 13.5. The van der Waals surface area contributed by atoms with Crippen LogP contribution in [-0.4, -0.2) is 27.7 Å². The van der Waals surface area contributed by atoms with E-state index in [0.29, 0.717) is 13.0 Å². The van der Waals surface area contributed by atoms with Gasteiger partial charge in [-0.25, -0.2) is 9.78 Å². The van der Waals surface area contributed by atoms with Gasteiger partial charge in [0.05, 0.1) is 12.8 Å². The largest absolute Gasteiger partial charge is 0.492 e. The Labute approximate surface area is 110 Å². The van der Waals surface area contributed by atoms with E-state index in [9.17, 15) is 4.79 Å². The molecule has 2 rings (SSSR count). The van der Waals surface area contributed by atoms with Crippen molar-refractivity contribution in [2.75, 3.05) is 6.61 Å². The van der Waals surface area contributed by atoms with E-state index in [1.165, 1.54) is 6.07 Å². The van der Waals surface area contributed by atoms with E-state index < -0.39 is 5.97 Å². The number of rotatable bonds is 6. The number of carboxylic acid groups (broad SMARTS) is 1. The van der Waals surface area contributed by atoms with Gasteiger partial charge in [0.25, 0.3) is 0 Å². The van der Waals surface area contributed by atoms with Crippen molar-refractivity contribution < 1.29 is 14.6 Å². The number of aromatic carboxylic acids is 1. The molecule has 0 aliphatic carbocycles. The standard InChI is InChI=1S/C14H14N2O3/c17-14(18)13-7-1-4-11(16-13)5-3-9-19-12-6-2-8-15-10-12/h1-2,4,6-8,10H,3,5,9H2,(H,17,18). The SMILES string of the molecule is O=C(O)c1cccc(CCCOc2cccnc2)n1. The summed E-state index contributed by atoms with van der Waals surface area (Å²) in [4.78, 5) is 18.8. The molecule has 2 heterocycles. The number of pyridine rings is 2. The van der Waals surface area contributed by atoms with Gasteiger partial charge in [-0.2, -0.15) is 0 Å². The normalized spacial score (nSPS) is 10.1. The molecule has 98 valence electrons. The Morgan fingerprint density at radius 1 is 1.26 bits per heavy atom. The van der Waals surface area contributed by atoms with E-state index >= 15 is 0 Å². The predicted octanol–water partition coefficient (Wildman–Crippen LogP) is 2.19. The van der Waals surface area contributed by atoms with Crippen molar-refractivity contribution in [3.05, 3.63) is 54.1 Å². The molecule has 0 amide bonds. The molecule has 0 saturated heterocycles. The van der Waals surface area contributed by atoms with Gasteiger partial charge in [-0.05, 0) is 37.1 Å². The highest BCUT2D eigenvalue weighted by Gasteiger charge is 2.04. The van der Waals surface area contributed by atoms with E-state index in [0.717, 1.165) is 17.9 Å². The first-order chi connectivity index (χ1) is 9.25. The average molecular weight is 258 g/mol. The quantitative estimate of drug-likeness (QED) is 0.804. The first-order valence-electron chi connectivity index (χ1n) is 5.98. The van der Waals surface area contributed by atoms with Crippen molar-refractivity contribution >= 4 is 5.97 Å². The summed E-state index contributed by atoms with van der Waals surface area (Å²) in [7, 11) is 0. The monoisotopic (exact) mass is 258 g/mol. The molecule has 5 heteroatoms. The maximum absolute atomic E-state index is 10.8. The van der Waals surface area contributed by atoms with Crippen LogP contribution in [0, 0.1) is 0 Å². The number of carboxylic acids is 1. The van der Waals surface area contributed by atoms with Crippen LogP contribution in [0.4, 0.5) is 0 Å². The highest BCUT2D eigenvalue weighted by atomic mass is 16.5. The lowest BCUT2D eigenvalue weighted by Crippen LogP contribution is -2.04. The van der Waals surface area contributed by atoms with Crippen LogP contribution in [0.5, 0.6) is 5.75 Å². The molecule has 1 N–H and O–H groups in total. The van der Waals surface area contributed by atoms with Crippen LogP contribution in [-0.2, 0) is 6.42 Å². The molecule has 0 atom stereocenters. The van der Waals surface area contributed by atoms with Crippen molar-refractivity contribution in [1.82, 2.24) is 9.97 Å². The molecule has 5 nitrogen and oxygen atoms in total. The second kappa shape index (κ2) is 6.49. The molecule has 2 aromatic heterocycles. The summed E-state index contributed by atoms with van der Waals surface area (Å²) in [6.45, 7) is 0.546. The van der Waals surface area contributed by atoms with Gasteiger partial charge < -0.3 is 9.84 Å². The number of ether oxygens (including phenoxy) is 1. The third-order valence-electron chi connectivity index (χ3n) is 2.51.